The Morgan fingerprint density at radius 2 is 2.00 bits per heavy atom. The number of hydrogen-bond acceptors (Lipinski definition) is 3. The molecule has 2 rings (SSSR count). The number of carbonyl (C=O) groups is 1. The molecule has 1 fully saturated rings. The van der Waals surface area contributed by atoms with Crippen LogP contribution in [0.2, 0.25) is 0 Å². The van der Waals surface area contributed by atoms with Crippen LogP contribution >= 0.6 is 0 Å². The van der Waals surface area contributed by atoms with Crippen molar-refractivity contribution in [3.8, 4) is 5.75 Å². The van der Waals surface area contributed by atoms with Gasteiger partial charge in [-0.05, 0) is 43.5 Å². The van der Waals surface area contributed by atoms with Crippen LogP contribution in [-0.2, 0) is 4.74 Å². The number of amides is 1. The summed E-state index contributed by atoms with van der Waals surface area (Å²) in [5.74, 6) is 0.799. The molecule has 1 aromatic rings. The standard InChI is InChI=1S/C15H21NO3.C2H6/c1-11-7-12(9-14(8-11)19-3)15(17)16-6-4-5-13(16)10-18-2;1-2/h7-9,13H,4-6,10H2,1-3H3;1-2H3/t13-;/m1./s1. The predicted molar refractivity (Wildman–Crippen MR) is 85.0 cm³/mol. The Bertz CT molecular complexity index is 459. The Morgan fingerprint density at radius 3 is 2.62 bits per heavy atom. The highest BCUT2D eigenvalue weighted by atomic mass is 16.5. The first kappa shape index (κ1) is 17.5. The summed E-state index contributed by atoms with van der Waals surface area (Å²) in [6, 6.07) is 5.84. The lowest BCUT2D eigenvalue weighted by molar-refractivity contribution is 0.0630. The summed E-state index contributed by atoms with van der Waals surface area (Å²) < 4.78 is 10.4. The minimum atomic E-state index is 0.0709. The molecule has 0 N–H and O–H groups in total. The zero-order valence-corrected chi connectivity index (χ0v) is 13.8. The zero-order valence-electron chi connectivity index (χ0n) is 13.8. The van der Waals surface area contributed by atoms with Crippen LogP contribution in [0.15, 0.2) is 18.2 Å². The third-order valence-electron chi connectivity index (χ3n) is 3.53. The lowest BCUT2D eigenvalue weighted by Crippen LogP contribution is -2.38. The van der Waals surface area contributed by atoms with Gasteiger partial charge in [0.25, 0.3) is 5.91 Å². The fourth-order valence-electron chi connectivity index (χ4n) is 2.62. The Labute approximate surface area is 128 Å². The van der Waals surface area contributed by atoms with E-state index in [-0.39, 0.29) is 11.9 Å². The van der Waals surface area contributed by atoms with E-state index in [1.165, 1.54) is 0 Å². The van der Waals surface area contributed by atoms with Crippen LogP contribution in [0.25, 0.3) is 0 Å². The Hall–Kier alpha value is -1.55. The monoisotopic (exact) mass is 293 g/mol. The first-order valence-electron chi connectivity index (χ1n) is 7.61. The second-order valence-electron chi connectivity index (χ2n) is 4.99. The second kappa shape index (κ2) is 8.67. The SMILES string of the molecule is CC.COC[C@H]1CCCN1C(=O)c1cc(C)cc(OC)c1. The first-order valence-corrected chi connectivity index (χ1v) is 7.61. The molecule has 0 bridgehead atoms. The van der Waals surface area contributed by atoms with Gasteiger partial charge in [0.05, 0.1) is 19.8 Å². The fourth-order valence-corrected chi connectivity index (χ4v) is 2.62. The summed E-state index contributed by atoms with van der Waals surface area (Å²) in [5.41, 5.74) is 1.73. The van der Waals surface area contributed by atoms with Gasteiger partial charge in [-0.3, -0.25) is 4.79 Å². The van der Waals surface area contributed by atoms with Crippen LogP contribution in [-0.4, -0.2) is 44.2 Å². The molecule has 0 unspecified atom stereocenters. The van der Waals surface area contributed by atoms with E-state index >= 15 is 0 Å². The molecule has 1 heterocycles. The minimum absolute atomic E-state index is 0.0709. The van der Waals surface area contributed by atoms with Gasteiger partial charge in [-0.25, -0.2) is 0 Å². The summed E-state index contributed by atoms with van der Waals surface area (Å²) in [5, 5.41) is 0. The van der Waals surface area contributed by atoms with Crippen LogP contribution in [0, 0.1) is 6.92 Å². The zero-order chi connectivity index (χ0) is 15.8. The number of methoxy groups -OCH3 is 2. The summed E-state index contributed by atoms with van der Waals surface area (Å²) in [7, 11) is 3.29. The summed E-state index contributed by atoms with van der Waals surface area (Å²) in [6.07, 6.45) is 2.06. The summed E-state index contributed by atoms with van der Waals surface area (Å²) in [6.45, 7) is 7.38. The predicted octanol–water partition coefficient (Wildman–Crippen LogP) is 3.28. The average Bonchev–Trinajstić information content (AvgIpc) is 2.96. The molecule has 0 aromatic heterocycles. The van der Waals surface area contributed by atoms with Crippen molar-refractivity contribution in [1.82, 2.24) is 4.90 Å². The van der Waals surface area contributed by atoms with Gasteiger partial charge in [0.15, 0.2) is 0 Å². The molecule has 118 valence electrons. The largest absolute Gasteiger partial charge is 0.497 e. The normalized spacial score (nSPS) is 17.2. The van der Waals surface area contributed by atoms with Crippen molar-refractivity contribution in [2.45, 2.75) is 39.7 Å². The summed E-state index contributed by atoms with van der Waals surface area (Å²) >= 11 is 0. The van der Waals surface area contributed by atoms with Gasteiger partial charge in [0.1, 0.15) is 5.75 Å². The average molecular weight is 293 g/mol. The molecule has 0 aliphatic carbocycles. The summed E-state index contributed by atoms with van der Waals surface area (Å²) in [4.78, 5) is 14.5. The van der Waals surface area contributed by atoms with Gasteiger partial charge in [-0.2, -0.15) is 0 Å². The fraction of sp³-hybridized carbons (Fsp3) is 0.588. The Kier molecular flexibility index (Phi) is 7.23. The quantitative estimate of drug-likeness (QED) is 0.855. The number of benzene rings is 1. The van der Waals surface area contributed by atoms with Crippen LogP contribution in [0.5, 0.6) is 5.75 Å². The van der Waals surface area contributed by atoms with E-state index in [9.17, 15) is 4.79 Å². The van der Waals surface area contributed by atoms with Crippen molar-refractivity contribution in [2.75, 3.05) is 27.4 Å². The van der Waals surface area contributed by atoms with Crippen molar-refractivity contribution in [3.63, 3.8) is 0 Å². The van der Waals surface area contributed by atoms with Gasteiger partial charge < -0.3 is 14.4 Å². The van der Waals surface area contributed by atoms with Gasteiger partial charge in [-0.15, -0.1) is 0 Å². The molecular weight excluding hydrogens is 266 g/mol. The number of aryl methyl sites for hydroxylation is 1. The first-order chi connectivity index (χ1) is 10.2. The number of rotatable bonds is 4. The number of likely N-dealkylation sites (tertiary alicyclic amines) is 1. The number of nitrogens with zero attached hydrogens (tertiary/aromatic N) is 1. The van der Waals surface area contributed by atoms with Crippen molar-refractivity contribution >= 4 is 5.91 Å². The molecule has 21 heavy (non-hydrogen) atoms. The third-order valence-corrected chi connectivity index (χ3v) is 3.53. The number of carbonyl (C=O) groups excluding carboxylic acids is 1. The maximum atomic E-state index is 12.6. The third kappa shape index (κ3) is 4.46. The highest BCUT2D eigenvalue weighted by Gasteiger charge is 2.29. The molecule has 1 aliphatic heterocycles. The van der Waals surface area contributed by atoms with Gasteiger partial charge in [0, 0.05) is 19.2 Å². The molecule has 4 heteroatoms. The van der Waals surface area contributed by atoms with Gasteiger partial charge in [-0.1, -0.05) is 13.8 Å². The van der Waals surface area contributed by atoms with Crippen molar-refractivity contribution < 1.29 is 14.3 Å². The topological polar surface area (TPSA) is 38.8 Å². The van der Waals surface area contributed by atoms with E-state index in [1.807, 2.05) is 37.8 Å². The maximum Gasteiger partial charge on any atom is 0.254 e. The molecular formula is C17H27NO3. The van der Waals surface area contributed by atoms with E-state index in [0.717, 1.165) is 30.7 Å². The van der Waals surface area contributed by atoms with Crippen LogP contribution in [0.1, 0.15) is 42.6 Å². The highest BCUT2D eigenvalue weighted by Crippen LogP contribution is 2.23. The van der Waals surface area contributed by atoms with Crippen LogP contribution in [0.4, 0.5) is 0 Å². The van der Waals surface area contributed by atoms with E-state index in [4.69, 9.17) is 9.47 Å². The van der Waals surface area contributed by atoms with Gasteiger partial charge >= 0.3 is 0 Å². The number of ether oxygens (including phenoxy) is 2. The Morgan fingerprint density at radius 1 is 1.29 bits per heavy atom. The molecule has 1 amide bonds. The molecule has 4 nitrogen and oxygen atoms in total. The highest BCUT2D eigenvalue weighted by molar-refractivity contribution is 5.95. The molecule has 1 atom stereocenters. The van der Waals surface area contributed by atoms with Crippen molar-refractivity contribution in [1.29, 1.82) is 0 Å². The van der Waals surface area contributed by atoms with E-state index < -0.39 is 0 Å². The smallest absolute Gasteiger partial charge is 0.254 e. The van der Waals surface area contributed by atoms with Crippen molar-refractivity contribution in [3.05, 3.63) is 29.3 Å². The van der Waals surface area contributed by atoms with E-state index in [2.05, 4.69) is 0 Å². The Balaban J connectivity index is 0.00000106. The molecule has 0 radical (unpaired) electrons. The minimum Gasteiger partial charge on any atom is -0.497 e. The van der Waals surface area contributed by atoms with Gasteiger partial charge in [0.2, 0.25) is 0 Å². The number of hydrogen-bond donors (Lipinski definition) is 0. The molecule has 1 aliphatic rings. The van der Waals surface area contributed by atoms with Crippen molar-refractivity contribution in [2.24, 2.45) is 0 Å². The molecule has 0 spiro atoms. The van der Waals surface area contributed by atoms with Crippen LogP contribution in [0.3, 0.4) is 0 Å². The lowest BCUT2D eigenvalue weighted by Gasteiger charge is -2.24. The van der Waals surface area contributed by atoms with E-state index in [1.54, 1.807) is 20.3 Å². The molecule has 1 saturated heterocycles. The molecule has 0 saturated carbocycles. The maximum absolute atomic E-state index is 12.6. The molecule has 1 aromatic carbocycles. The van der Waals surface area contributed by atoms with E-state index in [0.29, 0.717) is 12.2 Å². The lowest BCUT2D eigenvalue weighted by atomic mass is 10.1. The van der Waals surface area contributed by atoms with Crippen LogP contribution < -0.4 is 4.74 Å². The second-order valence-corrected chi connectivity index (χ2v) is 4.99.